The van der Waals surface area contributed by atoms with E-state index in [2.05, 4.69) is 17.1 Å². The van der Waals surface area contributed by atoms with Gasteiger partial charge in [-0.1, -0.05) is 0 Å². The van der Waals surface area contributed by atoms with Gasteiger partial charge < -0.3 is 20.2 Å². The molecule has 0 fully saturated rings. The minimum Gasteiger partial charge on any atom is -0.494 e. The summed E-state index contributed by atoms with van der Waals surface area (Å²) in [6.07, 6.45) is 5.08. The van der Waals surface area contributed by atoms with Gasteiger partial charge in [0.1, 0.15) is 5.75 Å². The fourth-order valence-corrected chi connectivity index (χ4v) is 3.31. The summed E-state index contributed by atoms with van der Waals surface area (Å²) >= 11 is 0. The molecule has 0 amide bonds. The summed E-state index contributed by atoms with van der Waals surface area (Å²) in [4.78, 5) is 14.8. The second kappa shape index (κ2) is 7.71. The first kappa shape index (κ1) is 16.8. The lowest BCUT2D eigenvalue weighted by atomic mass is 9.92. The highest BCUT2D eigenvalue weighted by molar-refractivity contribution is 5.86. The zero-order valence-electron chi connectivity index (χ0n) is 14.3. The molecule has 1 aliphatic carbocycles. The van der Waals surface area contributed by atoms with E-state index >= 15 is 0 Å². The molecule has 0 saturated carbocycles. The molecule has 1 atom stereocenters. The average Bonchev–Trinajstić information content (AvgIpc) is 2.92. The number of unbranched alkanes of at least 4 members (excludes halogenated alkanes) is 1. The van der Waals surface area contributed by atoms with Gasteiger partial charge in [-0.15, -0.1) is 0 Å². The van der Waals surface area contributed by atoms with Gasteiger partial charge in [-0.05, 0) is 62.8 Å². The fourth-order valence-electron chi connectivity index (χ4n) is 3.31. The van der Waals surface area contributed by atoms with Crippen LogP contribution in [0.25, 0.3) is 10.9 Å². The van der Waals surface area contributed by atoms with E-state index in [9.17, 15) is 4.79 Å². The van der Waals surface area contributed by atoms with Gasteiger partial charge in [-0.2, -0.15) is 0 Å². The molecule has 1 aromatic heterocycles. The summed E-state index contributed by atoms with van der Waals surface area (Å²) < 4.78 is 10.8. The van der Waals surface area contributed by atoms with E-state index in [-0.39, 0.29) is 12.0 Å². The standard InChI is InChI=1S/C19H26N2O3/c1-2-23-19(22)5-3-4-10-24-14-7-9-18-16(12-14)15-11-13(20)6-8-17(15)21-18/h7,9,12-13,21H,2-6,8,10-11,20H2,1H3. The lowest BCUT2D eigenvalue weighted by Crippen LogP contribution is -2.27. The van der Waals surface area contributed by atoms with Gasteiger partial charge in [-0.25, -0.2) is 0 Å². The summed E-state index contributed by atoms with van der Waals surface area (Å²) in [5.41, 5.74) is 9.93. The SMILES string of the molecule is CCOC(=O)CCCCOc1ccc2[nH]c3c(c2c1)CC(N)CC3. The van der Waals surface area contributed by atoms with Crippen molar-refractivity contribution in [1.82, 2.24) is 4.98 Å². The first-order valence-electron chi connectivity index (χ1n) is 8.85. The van der Waals surface area contributed by atoms with E-state index in [0.717, 1.165) is 43.4 Å². The summed E-state index contributed by atoms with van der Waals surface area (Å²) in [5, 5.41) is 1.23. The summed E-state index contributed by atoms with van der Waals surface area (Å²) in [5.74, 6) is 0.744. The van der Waals surface area contributed by atoms with Crippen LogP contribution in [0.2, 0.25) is 0 Å². The molecule has 0 aliphatic heterocycles. The largest absolute Gasteiger partial charge is 0.494 e. The lowest BCUT2D eigenvalue weighted by Gasteiger charge is -2.18. The predicted octanol–water partition coefficient (Wildman–Crippen LogP) is 3.10. The highest BCUT2D eigenvalue weighted by atomic mass is 16.5. The average molecular weight is 330 g/mol. The minimum absolute atomic E-state index is 0.130. The molecular formula is C19H26N2O3. The number of esters is 1. The number of hydrogen-bond donors (Lipinski definition) is 2. The van der Waals surface area contributed by atoms with Crippen molar-refractivity contribution in [2.24, 2.45) is 5.73 Å². The number of nitrogens with one attached hydrogen (secondary N) is 1. The third kappa shape index (κ3) is 3.90. The van der Waals surface area contributed by atoms with Crippen LogP contribution in [0.5, 0.6) is 5.75 Å². The first-order chi connectivity index (χ1) is 11.7. The van der Waals surface area contributed by atoms with E-state index in [1.807, 2.05) is 13.0 Å². The van der Waals surface area contributed by atoms with Crippen LogP contribution in [0.4, 0.5) is 0 Å². The van der Waals surface area contributed by atoms with Crippen LogP contribution in [0.15, 0.2) is 18.2 Å². The second-order valence-electron chi connectivity index (χ2n) is 6.40. The van der Waals surface area contributed by atoms with Crippen molar-refractivity contribution in [1.29, 1.82) is 0 Å². The monoisotopic (exact) mass is 330 g/mol. The van der Waals surface area contributed by atoms with Crippen LogP contribution in [0.1, 0.15) is 43.9 Å². The van der Waals surface area contributed by atoms with Crippen molar-refractivity contribution in [3.05, 3.63) is 29.5 Å². The molecule has 5 heteroatoms. The van der Waals surface area contributed by atoms with Crippen molar-refractivity contribution in [3.63, 3.8) is 0 Å². The number of ether oxygens (including phenoxy) is 2. The fraction of sp³-hybridized carbons (Fsp3) is 0.526. The molecule has 0 radical (unpaired) electrons. The zero-order chi connectivity index (χ0) is 16.9. The van der Waals surface area contributed by atoms with Crippen LogP contribution < -0.4 is 10.5 Å². The Labute approximate surface area is 142 Å². The molecule has 1 aliphatic rings. The number of fused-ring (bicyclic) bond motifs is 3. The third-order valence-corrected chi connectivity index (χ3v) is 4.55. The Morgan fingerprint density at radius 1 is 1.38 bits per heavy atom. The van der Waals surface area contributed by atoms with Gasteiger partial charge in [0.05, 0.1) is 13.2 Å². The minimum atomic E-state index is -0.130. The zero-order valence-corrected chi connectivity index (χ0v) is 14.3. The second-order valence-corrected chi connectivity index (χ2v) is 6.40. The lowest BCUT2D eigenvalue weighted by molar-refractivity contribution is -0.143. The van der Waals surface area contributed by atoms with E-state index in [4.69, 9.17) is 15.2 Å². The summed E-state index contributed by atoms with van der Waals surface area (Å²) in [7, 11) is 0. The number of H-pyrrole nitrogens is 1. The van der Waals surface area contributed by atoms with Crippen molar-refractivity contribution in [2.45, 2.75) is 51.5 Å². The number of aryl methyl sites for hydroxylation is 1. The smallest absolute Gasteiger partial charge is 0.305 e. The van der Waals surface area contributed by atoms with Crippen molar-refractivity contribution < 1.29 is 14.3 Å². The molecular weight excluding hydrogens is 304 g/mol. The molecule has 1 heterocycles. The van der Waals surface area contributed by atoms with Crippen LogP contribution in [0.3, 0.4) is 0 Å². The van der Waals surface area contributed by atoms with Gasteiger partial charge in [-0.3, -0.25) is 4.79 Å². The van der Waals surface area contributed by atoms with Crippen molar-refractivity contribution >= 4 is 16.9 Å². The van der Waals surface area contributed by atoms with Gasteiger partial charge in [0.25, 0.3) is 0 Å². The number of rotatable bonds is 7. The van der Waals surface area contributed by atoms with Gasteiger partial charge in [0, 0.05) is 29.1 Å². The van der Waals surface area contributed by atoms with E-state index in [1.54, 1.807) is 0 Å². The predicted molar refractivity (Wildman–Crippen MR) is 94.3 cm³/mol. The van der Waals surface area contributed by atoms with Crippen LogP contribution in [0, 0.1) is 0 Å². The Morgan fingerprint density at radius 2 is 2.25 bits per heavy atom. The molecule has 3 N–H and O–H groups in total. The van der Waals surface area contributed by atoms with E-state index in [0.29, 0.717) is 19.6 Å². The molecule has 130 valence electrons. The maximum atomic E-state index is 11.3. The Hall–Kier alpha value is -2.01. The maximum absolute atomic E-state index is 11.3. The number of aromatic nitrogens is 1. The third-order valence-electron chi connectivity index (χ3n) is 4.55. The van der Waals surface area contributed by atoms with Gasteiger partial charge in [0.2, 0.25) is 0 Å². The molecule has 0 saturated heterocycles. The molecule has 0 bridgehead atoms. The molecule has 2 aromatic rings. The quantitative estimate of drug-likeness (QED) is 0.604. The Balaban J connectivity index is 1.56. The van der Waals surface area contributed by atoms with E-state index in [1.165, 1.54) is 16.6 Å². The van der Waals surface area contributed by atoms with Crippen LogP contribution >= 0.6 is 0 Å². The van der Waals surface area contributed by atoms with Crippen LogP contribution in [-0.2, 0) is 22.4 Å². The number of hydrogen-bond acceptors (Lipinski definition) is 4. The number of aromatic amines is 1. The molecule has 24 heavy (non-hydrogen) atoms. The first-order valence-corrected chi connectivity index (χ1v) is 8.85. The Kier molecular flexibility index (Phi) is 5.41. The molecule has 1 unspecified atom stereocenters. The Morgan fingerprint density at radius 3 is 3.08 bits per heavy atom. The number of benzene rings is 1. The highest BCUT2D eigenvalue weighted by Gasteiger charge is 2.20. The van der Waals surface area contributed by atoms with E-state index < -0.39 is 0 Å². The number of nitrogens with two attached hydrogens (primary N) is 1. The normalized spacial score (nSPS) is 16.8. The number of carbonyl (C=O) groups excluding carboxylic acids is 1. The van der Waals surface area contributed by atoms with Gasteiger partial charge in [0.15, 0.2) is 0 Å². The molecule has 0 spiro atoms. The maximum Gasteiger partial charge on any atom is 0.305 e. The van der Waals surface area contributed by atoms with Crippen molar-refractivity contribution in [2.75, 3.05) is 13.2 Å². The topological polar surface area (TPSA) is 77.3 Å². The summed E-state index contributed by atoms with van der Waals surface area (Å²) in [6.45, 7) is 2.88. The molecule has 5 nitrogen and oxygen atoms in total. The van der Waals surface area contributed by atoms with Crippen LogP contribution in [-0.4, -0.2) is 30.2 Å². The number of carbonyl (C=O) groups is 1. The van der Waals surface area contributed by atoms with Crippen molar-refractivity contribution in [3.8, 4) is 5.75 Å². The van der Waals surface area contributed by atoms with Gasteiger partial charge >= 0.3 is 5.97 Å². The summed E-state index contributed by atoms with van der Waals surface area (Å²) in [6, 6.07) is 6.43. The molecule has 1 aromatic carbocycles. The Bertz CT molecular complexity index is 708. The highest BCUT2D eigenvalue weighted by Crippen LogP contribution is 2.31. The molecule has 3 rings (SSSR count).